The van der Waals surface area contributed by atoms with Gasteiger partial charge < -0.3 is 9.47 Å². The molecular weight excluding hydrogens is 247 g/mol. The van der Waals surface area contributed by atoms with Crippen LogP contribution < -0.4 is 0 Å². The quantitative estimate of drug-likeness (QED) is 0.818. The van der Waals surface area contributed by atoms with Crippen LogP contribution in [0.4, 0.5) is 0 Å². The summed E-state index contributed by atoms with van der Waals surface area (Å²) >= 11 is 12.2. The number of ether oxygens (including phenoxy) is 2. The molecule has 0 N–H and O–H groups in total. The zero-order chi connectivity index (χ0) is 11.6. The Morgan fingerprint density at radius 2 is 1.94 bits per heavy atom. The minimum atomic E-state index is -0.698. The lowest BCUT2D eigenvalue weighted by atomic mass is 10.0. The minimum absolute atomic E-state index is 0.600. The summed E-state index contributed by atoms with van der Waals surface area (Å²) in [5.74, 6) is -0.698. The number of halogens is 2. The highest BCUT2D eigenvalue weighted by Crippen LogP contribution is 2.40. The summed E-state index contributed by atoms with van der Waals surface area (Å²) in [6.45, 7) is 3.29. The fourth-order valence-corrected chi connectivity index (χ4v) is 2.44. The largest absolute Gasteiger partial charge is 0.343 e. The molecule has 0 atom stereocenters. The van der Waals surface area contributed by atoms with Crippen LogP contribution in [0, 0.1) is 0 Å². The van der Waals surface area contributed by atoms with Crippen LogP contribution in [0.25, 0.3) is 0 Å². The first kappa shape index (κ1) is 12.2. The average Bonchev–Trinajstić information content (AvgIpc) is 2.72. The fourth-order valence-electron chi connectivity index (χ4n) is 2.01. The SMILES string of the molecule is CCCC1(c2cc(Cl)ccc2Cl)OCCO1. The first-order valence-corrected chi connectivity index (χ1v) is 6.17. The van der Waals surface area contributed by atoms with Gasteiger partial charge in [-0.3, -0.25) is 0 Å². The van der Waals surface area contributed by atoms with E-state index >= 15 is 0 Å². The molecule has 0 aromatic heterocycles. The van der Waals surface area contributed by atoms with Crippen molar-refractivity contribution in [2.75, 3.05) is 13.2 Å². The molecule has 88 valence electrons. The number of rotatable bonds is 3. The number of hydrogen-bond donors (Lipinski definition) is 0. The Hall–Kier alpha value is -0.280. The van der Waals surface area contributed by atoms with Gasteiger partial charge in [0, 0.05) is 22.0 Å². The first-order valence-electron chi connectivity index (χ1n) is 5.41. The van der Waals surface area contributed by atoms with E-state index in [1.807, 2.05) is 6.07 Å². The zero-order valence-corrected chi connectivity index (χ0v) is 10.6. The van der Waals surface area contributed by atoms with Crippen molar-refractivity contribution in [3.05, 3.63) is 33.8 Å². The zero-order valence-electron chi connectivity index (χ0n) is 9.13. The van der Waals surface area contributed by atoms with Crippen LogP contribution in [0.2, 0.25) is 10.0 Å². The van der Waals surface area contributed by atoms with E-state index in [9.17, 15) is 0 Å². The molecular formula is C12H14Cl2O2. The molecule has 1 saturated heterocycles. The van der Waals surface area contributed by atoms with Crippen LogP contribution in [-0.4, -0.2) is 13.2 Å². The second-order valence-electron chi connectivity index (χ2n) is 3.82. The smallest absolute Gasteiger partial charge is 0.196 e. The molecule has 0 spiro atoms. The Morgan fingerprint density at radius 1 is 1.25 bits per heavy atom. The molecule has 1 aliphatic rings. The van der Waals surface area contributed by atoms with Gasteiger partial charge in [0.25, 0.3) is 0 Å². The lowest BCUT2D eigenvalue weighted by Gasteiger charge is -2.28. The summed E-state index contributed by atoms with van der Waals surface area (Å²) in [4.78, 5) is 0. The predicted octanol–water partition coefficient (Wildman–Crippen LogP) is 3.99. The van der Waals surface area contributed by atoms with Gasteiger partial charge in [-0.2, -0.15) is 0 Å². The van der Waals surface area contributed by atoms with E-state index in [-0.39, 0.29) is 0 Å². The van der Waals surface area contributed by atoms with Crippen molar-refractivity contribution in [3.63, 3.8) is 0 Å². The fraction of sp³-hybridized carbons (Fsp3) is 0.500. The van der Waals surface area contributed by atoms with Crippen LogP contribution >= 0.6 is 23.2 Å². The van der Waals surface area contributed by atoms with Crippen molar-refractivity contribution in [1.29, 1.82) is 0 Å². The second-order valence-corrected chi connectivity index (χ2v) is 4.67. The maximum absolute atomic E-state index is 6.18. The third kappa shape index (κ3) is 2.21. The molecule has 1 aromatic rings. The van der Waals surface area contributed by atoms with E-state index in [4.69, 9.17) is 32.7 Å². The van der Waals surface area contributed by atoms with E-state index in [0.29, 0.717) is 23.3 Å². The molecule has 0 aliphatic carbocycles. The van der Waals surface area contributed by atoms with Crippen molar-refractivity contribution in [3.8, 4) is 0 Å². The van der Waals surface area contributed by atoms with Crippen LogP contribution in [0.15, 0.2) is 18.2 Å². The van der Waals surface area contributed by atoms with Gasteiger partial charge in [0.2, 0.25) is 0 Å². The molecule has 0 saturated carbocycles. The van der Waals surface area contributed by atoms with Gasteiger partial charge in [-0.1, -0.05) is 36.5 Å². The summed E-state index contributed by atoms with van der Waals surface area (Å²) in [5, 5.41) is 1.29. The van der Waals surface area contributed by atoms with Crippen molar-refractivity contribution >= 4 is 23.2 Å². The molecule has 2 rings (SSSR count). The van der Waals surface area contributed by atoms with Crippen molar-refractivity contribution < 1.29 is 9.47 Å². The molecule has 0 radical (unpaired) electrons. The van der Waals surface area contributed by atoms with Crippen LogP contribution in [-0.2, 0) is 15.3 Å². The molecule has 1 heterocycles. The van der Waals surface area contributed by atoms with E-state index in [1.165, 1.54) is 0 Å². The third-order valence-electron chi connectivity index (χ3n) is 2.67. The Bertz CT molecular complexity index is 373. The van der Waals surface area contributed by atoms with E-state index < -0.39 is 5.79 Å². The highest BCUT2D eigenvalue weighted by Gasteiger charge is 2.39. The van der Waals surface area contributed by atoms with Gasteiger partial charge in [0.05, 0.1) is 13.2 Å². The standard InChI is InChI=1S/C12H14Cl2O2/c1-2-5-12(15-6-7-16-12)10-8-9(13)3-4-11(10)14/h3-4,8H,2,5-7H2,1H3. The third-order valence-corrected chi connectivity index (χ3v) is 3.24. The molecule has 0 bridgehead atoms. The number of hydrogen-bond acceptors (Lipinski definition) is 2. The molecule has 1 aliphatic heterocycles. The van der Waals surface area contributed by atoms with Gasteiger partial charge in [-0.05, 0) is 18.2 Å². The van der Waals surface area contributed by atoms with Crippen LogP contribution in [0.5, 0.6) is 0 Å². The maximum atomic E-state index is 6.18. The molecule has 16 heavy (non-hydrogen) atoms. The molecule has 1 aromatic carbocycles. The highest BCUT2D eigenvalue weighted by molar-refractivity contribution is 6.33. The molecule has 1 fully saturated rings. The summed E-state index contributed by atoms with van der Waals surface area (Å²) in [7, 11) is 0. The summed E-state index contributed by atoms with van der Waals surface area (Å²) < 4.78 is 11.5. The first-order chi connectivity index (χ1) is 7.68. The lowest BCUT2D eigenvalue weighted by molar-refractivity contribution is -0.170. The Labute approximate surface area is 105 Å². The topological polar surface area (TPSA) is 18.5 Å². The summed E-state index contributed by atoms with van der Waals surface area (Å²) in [5.41, 5.74) is 0.834. The van der Waals surface area contributed by atoms with Gasteiger partial charge in [-0.25, -0.2) is 0 Å². The average molecular weight is 261 g/mol. The Balaban J connectivity index is 2.42. The summed E-state index contributed by atoms with van der Waals surface area (Å²) in [6.07, 6.45) is 1.75. The van der Waals surface area contributed by atoms with Crippen molar-refractivity contribution in [2.45, 2.75) is 25.6 Å². The Morgan fingerprint density at radius 3 is 2.56 bits per heavy atom. The van der Waals surface area contributed by atoms with Crippen molar-refractivity contribution in [2.24, 2.45) is 0 Å². The molecule has 4 heteroatoms. The van der Waals surface area contributed by atoms with E-state index in [0.717, 1.165) is 18.4 Å². The maximum Gasteiger partial charge on any atom is 0.196 e. The van der Waals surface area contributed by atoms with E-state index in [1.54, 1.807) is 12.1 Å². The normalized spacial score (nSPS) is 18.9. The molecule has 0 amide bonds. The van der Waals surface area contributed by atoms with Crippen LogP contribution in [0.3, 0.4) is 0 Å². The van der Waals surface area contributed by atoms with Gasteiger partial charge >= 0.3 is 0 Å². The highest BCUT2D eigenvalue weighted by atomic mass is 35.5. The van der Waals surface area contributed by atoms with Crippen molar-refractivity contribution in [1.82, 2.24) is 0 Å². The van der Waals surface area contributed by atoms with Crippen LogP contribution in [0.1, 0.15) is 25.3 Å². The summed E-state index contributed by atoms with van der Waals surface area (Å²) in [6, 6.07) is 5.37. The van der Waals surface area contributed by atoms with E-state index in [2.05, 4.69) is 6.92 Å². The minimum Gasteiger partial charge on any atom is -0.343 e. The second kappa shape index (κ2) is 4.92. The number of benzene rings is 1. The van der Waals surface area contributed by atoms with Gasteiger partial charge in [-0.15, -0.1) is 0 Å². The lowest BCUT2D eigenvalue weighted by Crippen LogP contribution is -2.27. The molecule has 2 nitrogen and oxygen atoms in total. The van der Waals surface area contributed by atoms with Gasteiger partial charge in [0.15, 0.2) is 5.79 Å². The monoisotopic (exact) mass is 260 g/mol. The van der Waals surface area contributed by atoms with Gasteiger partial charge in [0.1, 0.15) is 0 Å². The Kier molecular flexibility index (Phi) is 3.75. The molecule has 0 unspecified atom stereocenters. The predicted molar refractivity (Wildman–Crippen MR) is 65.0 cm³/mol.